The highest BCUT2D eigenvalue weighted by molar-refractivity contribution is 6.76. The number of hydrogen-bond acceptors (Lipinski definition) is 2. The van der Waals surface area contributed by atoms with Crippen LogP contribution in [0.2, 0.25) is 25.7 Å². The van der Waals surface area contributed by atoms with Gasteiger partial charge in [0.2, 0.25) is 0 Å². The Morgan fingerprint density at radius 3 is 2.28 bits per heavy atom. The topological polar surface area (TPSA) is 21.3 Å². The van der Waals surface area contributed by atoms with Crippen molar-refractivity contribution in [1.82, 2.24) is 5.32 Å². The zero-order valence-electron chi connectivity index (χ0n) is 13.6. The molecule has 0 fully saturated rings. The van der Waals surface area contributed by atoms with Gasteiger partial charge in [-0.25, -0.2) is 0 Å². The first-order valence-electron chi connectivity index (χ1n) is 7.59. The minimum Gasteiger partial charge on any atom is -0.383 e. The van der Waals surface area contributed by atoms with Gasteiger partial charge in [0.25, 0.3) is 0 Å². The monoisotopic (exact) mass is 273 g/mol. The molecule has 0 heterocycles. The summed E-state index contributed by atoms with van der Waals surface area (Å²) in [5, 5.41) is 3.61. The van der Waals surface area contributed by atoms with Gasteiger partial charge in [0, 0.05) is 28.3 Å². The lowest BCUT2D eigenvalue weighted by Crippen LogP contribution is -2.40. The zero-order chi connectivity index (χ0) is 14.1. The molecule has 0 aromatic carbocycles. The van der Waals surface area contributed by atoms with Crippen LogP contribution in [0.1, 0.15) is 39.5 Å². The number of unbranched alkanes of at least 4 members (excludes halogenated alkanes) is 1. The Hall–Kier alpha value is 0.137. The second-order valence-corrected chi connectivity index (χ2v) is 12.3. The van der Waals surface area contributed by atoms with Crippen LogP contribution in [0.3, 0.4) is 0 Å². The molecule has 3 heteroatoms. The molecule has 0 aromatic rings. The molecule has 0 spiro atoms. The van der Waals surface area contributed by atoms with Gasteiger partial charge < -0.3 is 10.1 Å². The van der Waals surface area contributed by atoms with E-state index in [1.54, 1.807) is 7.11 Å². The largest absolute Gasteiger partial charge is 0.383 e. The van der Waals surface area contributed by atoms with Crippen LogP contribution in [0, 0.1) is 5.41 Å². The molecule has 0 aliphatic heterocycles. The Morgan fingerprint density at radius 2 is 1.83 bits per heavy atom. The molecule has 0 aliphatic rings. The molecular formula is C15H35NOSi. The summed E-state index contributed by atoms with van der Waals surface area (Å²) >= 11 is 0. The van der Waals surface area contributed by atoms with Gasteiger partial charge in [-0.2, -0.15) is 0 Å². The molecule has 0 rings (SSSR count). The van der Waals surface area contributed by atoms with Gasteiger partial charge in [0.05, 0.1) is 6.61 Å². The molecule has 0 bridgehead atoms. The summed E-state index contributed by atoms with van der Waals surface area (Å²) < 4.78 is 5.12. The highest BCUT2D eigenvalue weighted by Crippen LogP contribution is 2.37. The van der Waals surface area contributed by atoms with Crippen molar-refractivity contribution >= 4 is 8.07 Å². The average molecular weight is 274 g/mol. The first-order valence-corrected chi connectivity index (χ1v) is 11.3. The van der Waals surface area contributed by atoms with E-state index in [1.807, 2.05) is 0 Å². The van der Waals surface area contributed by atoms with Crippen molar-refractivity contribution < 1.29 is 4.74 Å². The van der Waals surface area contributed by atoms with Gasteiger partial charge in [-0.15, -0.1) is 0 Å². The molecule has 2 nitrogen and oxygen atoms in total. The molecule has 0 saturated carbocycles. The van der Waals surface area contributed by atoms with Crippen LogP contribution in [0.15, 0.2) is 0 Å². The SMILES string of the molecule is CCCCC(CC)(CNCCOC)C[Si](C)(C)C. The maximum atomic E-state index is 5.12. The normalized spacial score (nSPS) is 15.7. The summed E-state index contributed by atoms with van der Waals surface area (Å²) in [5.41, 5.74) is 0.522. The molecular weight excluding hydrogens is 238 g/mol. The van der Waals surface area contributed by atoms with Crippen LogP contribution >= 0.6 is 0 Å². The van der Waals surface area contributed by atoms with E-state index in [2.05, 4.69) is 38.8 Å². The van der Waals surface area contributed by atoms with Gasteiger partial charge in [-0.3, -0.25) is 0 Å². The van der Waals surface area contributed by atoms with Crippen molar-refractivity contribution in [1.29, 1.82) is 0 Å². The zero-order valence-corrected chi connectivity index (χ0v) is 14.6. The molecule has 0 aliphatic carbocycles. The summed E-state index contributed by atoms with van der Waals surface area (Å²) in [6.07, 6.45) is 5.36. The second kappa shape index (κ2) is 9.11. The average Bonchev–Trinajstić information content (AvgIpc) is 2.29. The number of nitrogens with one attached hydrogen (secondary N) is 1. The summed E-state index contributed by atoms with van der Waals surface area (Å²) in [5.74, 6) is 0. The lowest BCUT2D eigenvalue weighted by Gasteiger charge is -2.38. The molecule has 110 valence electrons. The third-order valence-electron chi connectivity index (χ3n) is 3.70. The van der Waals surface area contributed by atoms with Gasteiger partial charge in [-0.1, -0.05) is 52.4 Å². The first-order chi connectivity index (χ1) is 8.39. The molecule has 1 N–H and O–H groups in total. The van der Waals surface area contributed by atoms with Crippen molar-refractivity contribution in [3.63, 3.8) is 0 Å². The van der Waals surface area contributed by atoms with Crippen LogP contribution in [-0.4, -0.2) is 34.9 Å². The Labute approximate surface area is 116 Å². The summed E-state index contributed by atoms with van der Waals surface area (Å²) in [6, 6.07) is 1.44. The molecule has 0 radical (unpaired) electrons. The first kappa shape index (κ1) is 18.1. The van der Waals surface area contributed by atoms with E-state index < -0.39 is 8.07 Å². The lowest BCUT2D eigenvalue weighted by atomic mass is 9.82. The molecule has 1 unspecified atom stereocenters. The van der Waals surface area contributed by atoms with Gasteiger partial charge in [0.1, 0.15) is 0 Å². The maximum absolute atomic E-state index is 5.12. The standard InChI is InChI=1S/C15H35NOSi/c1-7-9-10-15(8-2,14-18(4,5)6)13-16-11-12-17-3/h16H,7-14H2,1-6H3. The maximum Gasteiger partial charge on any atom is 0.0587 e. The minimum absolute atomic E-state index is 0.522. The summed E-state index contributed by atoms with van der Waals surface area (Å²) in [4.78, 5) is 0. The number of rotatable bonds is 11. The quantitative estimate of drug-likeness (QED) is 0.451. The van der Waals surface area contributed by atoms with E-state index in [0.29, 0.717) is 5.41 Å². The van der Waals surface area contributed by atoms with Crippen molar-refractivity contribution in [2.45, 2.75) is 65.2 Å². The van der Waals surface area contributed by atoms with Crippen molar-refractivity contribution in [3.8, 4) is 0 Å². The fourth-order valence-electron chi connectivity index (χ4n) is 2.87. The van der Waals surface area contributed by atoms with Crippen LogP contribution < -0.4 is 5.32 Å². The molecule has 0 aromatic heterocycles. The lowest BCUT2D eigenvalue weighted by molar-refractivity contribution is 0.188. The van der Waals surface area contributed by atoms with Crippen molar-refractivity contribution in [2.75, 3.05) is 26.8 Å². The fourth-order valence-corrected chi connectivity index (χ4v) is 5.67. The second-order valence-electron chi connectivity index (χ2n) is 6.86. The van der Waals surface area contributed by atoms with E-state index in [4.69, 9.17) is 4.74 Å². The van der Waals surface area contributed by atoms with Gasteiger partial charge in [0.15, 0.2) is 0 Å². The number of methoxy groups -OCH3 is 1. The van der Waals surface area contributed by atoms with E-state index >= 15 is 0 Å². The fraction of sp³-hybridized carbons (Fsp3) is 1.00. The van der Waals surface area contributed by atoms with Gasteiger partial charge in [-0.05, 0) is 18.3 Å². The predicted octanol–water partition coefficient (Wildman–Crippen LogP) is 4.15. The van der Waals surface area contributed by atoms with Crippen LogP contribution in [0.5, 0.6) is 0 Å². The predicted molar refractivity (Wildman–Crippen MR) is 85.1 cm³/mol. The Balaban J connectivity index is 4.44. The van der Waals surface area contributed by atoms with E-state index in [9.17, 15) is 0 Å². The van der Waals surface area contributed by atoms with Gasteiger partial charge >= 0.3 is 0 Å². The number of ether oxygens (including phenoxy) is 1. The third kappa shape index (κ3) is 8.28. The van der Waals surface area contributed by atoms with E-state index in [-0.39, 0.29) is 0 Å². The highest BCUT2D eigenvalue weighted by Gasteiger charge is 2.32. The third-order valence-corrected chi connectivity index (χ3v) is 5.51. The highest BCUT2D eigenvalue weighted by atomic mass is 28.3. The molecule has 1 atom stereocenters. The molecule has 0 amide bonds. The Bertz CT molecular complexity index is 203. The Morgan fingerprint density at radius 1 is 1.17 bits per heavy atom. The summed E-state index contributed by atoms with van der Waals surface area (Å²) in [6.45, 7) is 15.1. The summed E-state index contributed by atoms with van der Waals surface area (Å²) in [7, 11) is 0.768. The number of hydrogen-bond donors (Lipinski definition) is 1. The minimum atomic E-state index is -1.00. The molecule has 0 saturated heterocycles. The smallest absolute Gasteiger partial charge is 0.0587 e. The van der Waals surface area contributed by atoms with Crippen LogP contribution in [0.25, 0.3) is 0 Å². The Kier molecular flexibility index (Phi) is 9.18. The van der Waals surface area contributed by atoms with Crippen molar-refractivity contribution in [2.24, 2.45) is 5.41 Å². The van der Waals surface area contributed by atoms with Crippen LogP contribution in [0.4, 0.5) is 0 Å². The van der Waals surface area contributed by atoms with E-state index in [0.717, 1.165) is 19.7 Å². The van der Waals surface area contributed by atoms with Crippen molar-refractivity contribution in [3.05, 3.63) is 0 Å². The molecule has 18 heavy (non-hydrogen) atoms. The van der Waals surface area contributed by atoms with Crippen LogP contribution in [-0.2, 0) is 4.74 Å². The van der Waals surface area contributed by atoms with E-state index in [1.165, 1.54) is 31.7 Å².